The molecule has 0 amide bonds. The highest BCUT2D eigenvalue weighted by molar-refractivity contribution is 9.09. The average molecular weight is 259 g/mol. The molecule has 2 aliphatic carbocycles. The predicted molar refractivity (Wildman–Crippen MR) is 61.6 cm³/mol. The van der Waals surface area contributed by atoms with Gasteiger partial charge in [-0.1, -0.05) is 36.7 Å². The molecule has 14 heavy (non-hydrogen) atoms. The van der Waals surface area contributed by atoms with Gasteiger partial charge in [-0.05, 0) is 29.6 Å². The Bertz CT molecular complexity index is 271. The number of alkyl halides is 1. The summed E-state index contributed by atoms with van der Waals surface area (Å²) in [5, 5.41) is 0. The van der Waals surface area contributed by atoms with Crippen LogP contribution in [0.3, 0.4) is 0 Å². The summed E-state index contributed by atoms with van der Waals surface area (Å²) in [7, 11) is 0. The molecule has 0 N–H and O–H groups in total. The fourth-order valence-corrected chi connectivity index (χ4v) is 4.54. The van der Waals surface area contributed by atoms with Gasteiger partial charge in [-0.2, -0.15) is 0 Å². The smallest absolute Gasteiger partial charge is 0.133 e. The number of Topliss-reactive ketones (excluding diaryl/α,β-unsaturated/α-hetero) is 1. The predicted octanol–water partition coefficient (Wildman–Crippen LogP) is 3.56. The summed E-state index contributed by atoms with van der Waals surface area (Å²) in [6.07, 6.45) is 3.84. The van der Waals surface area contributed by atoms with E-state index in [4.69, 9.17) is 0 Å². The summed E-state index contributed by atoms with van der Waals surface area (Å²) < 4.78 is 0. The Kier molecular flexibility index (Phi) is 2.34. The highest BCUT2D eigenvalue weighted by Gasteiger charge is 2.57. The third-order valence-electron chi connectivity index (χ3n) is 5.07. The van der Waals surface area contributed by atoms with Crippen LogP contribution in [0.25, 0.3) is 0 Å². The minimum absolute atomic E-state index is 0.309. The Morgan fingerprint density at radius 2 is 2.00 bits per heavy atom. The van der Waals surface area contributed by atoms with Crippen LogP contribution in [0.15, 0.2) is 0 Å². The molecule has 0 heterocycles. The first-order valence-corrected chi connectivity index (χ1v) is 6.45. The molecule has 0 aliphatic heterocycles. The zero-order chi connectivity index (χ0) is 10.6. The minimum Gasteiger partial charge on any atom is -0.300 e. The van der Waals surface area contributed by atoms with E-state index in [9.17, 15) is 4.79 Å². The van der Waals surface area contributed by atoms with Crippen molar-refractivity contribution in [3.63, 3.8) is 0 Å². The standard InChI is InChI=1S/C12H19BrO/c1-11(2)8-6-9(14)4-5-12(11,3)10(13)7-8/h8,10H,4-7H2,1-3H3/t8-,10-,12+/m0/s1. The van der Waals surface area contributed by atoms with Crippen LogP contribution >= 0.6 is 15.9 Å². The van der Waals surface area contributed by atoms with Crippen LogP contribution in [0.5, 0.6) is 0 Å². The normalized spacial score (nSPS) is 46.4. The highest BCUT2D eigenvalue weighted by atomic mass is 79.9. The zero-order valence-electron chi connectivity index (χ0n) is 9.27. The molecule has 2 bridgehead atoms. The molecule has 0 aromatic heterocycles. The second kappa shape index (κ2) is 3.07. The molecule has 0 spiro atoms. The molecule has 2 saturated carbocycles. The van der Waals surface area contributed by atoms with E-state index >= 15 is 0 Å². The van der Waals surface area contributed by atoms with Gasteiger partial charge in [-0.15, -0.1) is 0 Å². The molecule has 3 atom stereocenters. The lowest BCUT2D eigenvalue weighted by molar-refractivity contribution is -0.120. The van der Waals surface area contributed by atoms with E-state index in [1.807, 2.05) is 0 Å². The summed E-state index contributed by atoms with van der Waals surface area (Å²) in [5.41, 5.74) is 0.622. The second-order valence-corrected chi connectivity index (χ2v) is 6.89. The number of hydrogen-bond acceptors (Lipinski definition) is 1. The van der Waals surface area contributed by atoms with Gasteiger partial charge in [0.25, 0.3) is 0 Å². The fourth-order valence-electron chi connectivity index (χ4n) is 3.27. The quantitative estimate of drug-likeness (QED) is 0.608. The van der Waals surface area contributed by atoms with Gasteiger partial charge < -0.3 is 0 Å². The van der Waals surface area contributed by atoms with Gasteiger partial charge in [0.2, 0.25) is 0 Å². The number of rotatable bonds is 0. The summed E-state index contributed by atoms with van der Waals surface area (Å²) in [6.45, 7) is 7.04. The Balaban J connectivity index is 2.40. The van der Waals surface area contributed by atoms with Crippen molar-refractivity contribution < 1.29 is 4.79 Å². The van der Waals surface area contributed by atoms with E-state index in [1.54, 1.807) is 0 Å². The first kappa shape index (κ1) is 10.7. The Hall–Kier alpha value is 0.150. The summed E-state index contributed by atoms with van der Waals surface area (Å²) in [4.78, 5) is 12.2. The van der Waals surface area contributed by atoms with Crippen molar-refractivity contribution in [2.24, 2.45) is 16.7 Å². The number of carbonyl (C=O) groups excluding carboxylic acids is 1. The first-order chi connectivity index (χ1) is 6.38. The van der Waals surface area contributed by atoms with Crippen LogP contribution in [0, 0.1) is 16.7 Å². The highest BCUT2D eigenvalue weighted by Crippen LogP contribution is 2.62. The van der Waals surface area contributed by atoms with Crippen molar-refractivity contribution in [1.82, 2.24) is 0 Å². The molecule has 0 unspecified atom stereocenters. The molecule has 80 valence electrons. The van der Waals surface area contributed by atoms with Gasteiger partial charge >= 0.3 is 0 Å². The Morgan fingerprint density at radius 3 is 2.64 bits per heavy atom. The van der Waals surface area contributed by atoms with Crippen LogP contribution in [-0.4, -0.2) is 10.6 Å². The second-order valence-electron chi connectivity index (χ2n) is 5.78. The molecule has 2 aliphatic rings. The van der Waals surface area contributed by atoms with E-state index < -0.39 is 0 Å². The van der Waals surface area contributed by atoms with E-state index in [0.29, 0.717) is 27.4 Å². The lowest BCUT2D eigenvalue weighted by Gasteiger charge is -2.41. The van der Waals surface area contributed by atoms with Gasteiger partial charge in [0.05, 0.1) is 0 Å². The molecule has 2 fully saturated rings. The lowest BCUT2D eigenvalue weighted by Crippen LogP contribution is -2.36. The maximum Gasteiger partial charge on any atom is 0.133 e. The van der Waals surface area contributed by atoms with Crippen molar-refractivity contribution in [1.29, 1.82) is 0 Å². The summed E-state index contributed by atoms with van der Waals surface area (Å²) in [6, 6.07) is 0. The topological polar surface area (TPSA) is 17.1 Å². The Morgan fingerprint density at radius 1 is 1.36 bits per heavy atom. The van der Waals surface area contributed by atoms with Crippen LogP contribution < -0.4 is 0 Å². The largest absolute Gasteiger partial charge is 0.300 e. The van der Waals surface area contributed by atoms with E-state index in [2.05, 4.69) is 36.7 Å². The van der Waals surface area contributed by atoms with Crippen LogP contribution in [0.4, 0.5) is 0 Å². The van der Waals surface area contributed by atoms with E-state index in [1.165, 1.54) is 6.42 Å². The van der Waals surface area contributed by atoms with E-state index in [0.717, 1.165) is 19.3 Å². The molecular weight excluding hydrogens is 240 g/mol. The SMILES string of the molecule is CC1(C)[C@H]2CC(=O)CC[C@]1(C)[C@@H](Br)C2. The minimum atomic E-state index is 0.309. The van der Waals surface area contributed by atoms with Gasteiger partial charge in [-0.3, -0.25) is 4.79 Å². The van der Waals surface area contributed by atoms with Crippen molar-refractivity contribution in [3.8, 4) is 0 Å². The summed E-state index contributed by atoms with van der Waals surface area (Å²) in [5.74, 6) is 1.07. The van der Waals surface area contributed by atoms with Crippen molar-refractivity contribution in [2.45, 2.75) is 51.3 Å². The molecule has 0 aromatic carbocycles. The van der Waals surface area contributed by atoms with Gasteiger partial charge in [0.1, 0.15) is 5.78 Å². The van der Waals surface area contributed by atoms with Crippen molar-refractivity contribution >= 4 is 21.7 Å². The first-order valence-electron chi connectivity index (χ1n) is 5.54. The lowest BCUT2D eigenvalue weighted by atomic mass is 9.65. The molecule has 0 aromatic rings. The Labute approximate surface area is 94.8 Å². The average Bonchev–Trinajstić information content (AvgIpc) is 2.18. The van der Waals surface area contributed by atoms with Crippen molar-refractivity contribution in [2.75, 3.05) is 0 Å². The number of hydrogen-bond donors (Lipinski definition) is 0. The molecule has 1 nitrogen and oxygen atoms in total. The maximum atomic E-state index is 11.6. The number of fused-ring (bicyclic) bond motifs is 2. The zero-order valence-corrected chi connectivity index (χ0v) is 10.9. The number of carbonyl (C=O) groups is 1. The third-order valence-corrected chi connectivity index (χ3v) is 6.46. The van der Waals surface area contributed by atoms with Crippen LogP contribution in [-0.2, 0) is 4.79 Å². The molecule has 2 heteroatoms. The number of ketones is 1. The fraction of sp³-hybridized carbons (Fsp3) is 0.917. The van der Waals surface area contributed by atoms with Gasteiger partial charge in [-0.25, -0.2) is 0 Å². The van der Waals surface area contributed by atoms with Gasteiger partial charge in [0, 0.05) is 17.7 Å². The van der Waals surface area contributed by atoms with E-state index in [-0.39, 0.29) is 0 Å². The van der Waals surface area contributed by atoms with Crippen molar-refractivity contribution in [3.05, 3.63) is 0 Å². The summed E-state index contributed by atoms with van der Waals surface area (Å²) >= 11 is 3.82. The van der Waals surface area contributed by atoms with Crippen LogP contribution in [0.1, 0.15) is 46.5 Å². The number of halogens is 1. The monoisotopic (exact) mass is 258 g/mol. The molecule has 2 rings (SSSR count). The van der Waals surface area contributed by atoms with Gasteiger partial charge in [0.15, 0.2) is 0 Å². The molecular formula is C12H19BrO. The molecule has 0 saturated heterocycles. The molecule has 0 radical (unpaired) electrons. The third kappa shape index (κ3) is 1.22. The van der Waals surface area contributed by atoms with Crippen LogP contribution in [0.2, 0.25) is 0 Å². The maximum absolute atomic E-state index is 11.6.